The van der Waals surface area contributed by atoms with Crippen molar-refractivity contribution < 1.29 is 14.6 Å². The quantitative estimate of drug-likeness (QED) is 0.179. The Bertz CT molecular complexity index is 2300. The van der Waals surface area contributed by atoms with Crippen LogP contribution in [0.15, 0.2) is 91.0 Å². The summed E-state index contributed by atoms with van der Waals surface area (Å²) in [7, 11) is 1.00. The Morgan fingerprint density at radius 3 is 1.93 bits per heavy atom. The number of aliphatic hydroxyl groups excluding tert-OH is 1. The Morgan fingerprint density at radius 2 is 1.17 bits per heavy atom. The van der Waals surface area contributed by atoms with Gasteiger partial charge in [0.05, 0.1) is 24.6 Å². The molecule has 0 saturated carbocycles. The Kier molecular flexibility index (Phi) is 10.6. The van der Waals surface area contributed by atoms with Gasteiger partial charge in [0.25, 0.3) is 0 Å². The largest absolute Gasteiger partial charge is 0.400 e. The SMILES string of the molecule is CO.Cc1nnc2n1-c1cccc(C3=CCCCc4ccccc43)c1COC2.Cc1nnc2n1-c1cccc(C3CCCCc4ccccc43)c1COC2. The summed E-state index contributed by atoms with van der Waals surface area (Å²) in [5.41, 5.74) is 14.6. The molecule has 2 aliphatic heterocycles. The van der Waals surface area contributed by atoms with Gasteiger partial charge in [-0.2, -0.15) is 0 Å². The third-order valence-corrected chi connectivity index (χ3v) is 11.2. The number of rotatable bonds is 2. The highest BCUT2D eigenvalue weighted by Gasteiger charge is 2.27. The second-order valence-corrected chi connectivity index (χ2v) is 14.3. The zero-order chi connectivity index (χ0) is 37.0. The summed E-state index contributed by atoms with van der Waals surface area (Å²) in [4.78, 5) is 0. The highest BCUT2D eigenvalue weighted by Crippen LogP contribution is 2.40. The first-order valence-corrected chi connectivity index (χ1v) is 19.2. The fraction of sp³-hybridized carbons (Fsp3) is 0.333. The first-order chi connectivity index (χ1) is 26.7. The number of allylic oxidation sites excluding steroid dienone is 1. The number of benzene rings is 4. The van der Waals surface area contributed by atoms with E-state index in [0.29, 0.717) is 32.3 Å². The molecule has 1 unspecified atom stereocenters. The molecule has 2 aliphatic carbocycles. The molecule has 9 heteroatoms. The van der Waals surface area contributed by atoms with Gasteiger partial charge in [0, 0.05) is 24.2 Å². The molecule has 0 amide bonds. The van der Waals surface area contributed by atoms with Crippen LogP contribution in [-0.4, -0.2) is 41.7 Å². The van der Waals surface area contributed by atoms with Crippen LogP contribution in [0.25, 0.3) is 16.9 Å². The second kappa shape index (κ2) is 16.0. The molecular weight excluding hydrogens is 673 g/mol. The van der Waals surface area contributed by atoms with Crippen molar-refractivity contribution in [3.05, 3.63) is 159 Å². The zero-order valence-electron chi connectivity index (χ0n) is 31.5. The van der Waals surface area contributed by atoms with Gasteiger partial charge in [-0.25, -0.2) is 0 Å². The molecule has 6 aromatic rings. The molecule has 54 heavy (non-hydrogen) atoms. The average Bonchev–Trinajstić information content (AvgIpc) is 3.43. The van der Waals surface area contributed by atoms with Crippen LogP contribution in [0.2, 0.25) is 0 Å². The summed E-state index contributed by atoms with van der Waals surface area (Å²) in [6.07, 6.45) is 10.7. The van der Waals surface area contributed by atoms with Gasteiger partial charge >= 0.3 is 0 Å². The number of fused-ring (bicyclic) bond motifs is 8. The van der Waals surface area contributed by atoms with Gasteiger partial charge in [0.2, 0.25) is 0 Å². The number of aromatic nitrogens is 6. The van der Waals surface area contributed by atoms with E-state index in [1.807, 2.05) is 13.8 Å². The number of hydrogen-bond acceptors (Lipinski definition) is 7. The van der Waals surface area contributed by atoms with Crippen LogP contribution in [-0.2, 0) is 48.7 Å². The van der Waals surface area contributed by atoms with E-state index in [4.69, 9.17) is 14.6 Å². The third kappa shape index (κ3) is 6.72. The van der Waals surface area contributed by atoms with Crippen molar-refractivity contribution in [3.63, 3.8) is 0 Å². The number of ether oxygens (including phenoxy) is 2. The molecule has 0 spiro atoms. The summed E-state index contributed by atoms with van der Waals surface area (Å²) < 4.78 is 16.2. The van der Waals surface area contributed by atoms with E-state index in [-0.39, 0.29) is 0 Å². The number of aliphatic hydroxyl groups is 1. The van der Waals surface area contributed by atoms with E-state index < -0.39 is 0 Å². The molecule has 4 aliphatic rings. The highest BCUT2D eigenvalue weighted by molar-refractivity contribution is 5.84. The minimum Gasteiger partial charge on any atom is -0.400 e. The fourth-order valence-corrected chi connectivity index (χ4v) is 8.74. The van der Waals surface area contributed by atoms with Gasteiger partial charge in [-0.1, -0.05) is 85.3 Å². The first kappa shape index (κ1) is 35.8. The predicted molar refractivity (Wildman–Crippen MR) is 210 cm³/mol. The summed E-state index contributed by atoms with van der Waals surface area (Å²) >= 11 is 0. The lowest BCUT2D eigenvalue weighted by Gasteiger charge is -2.23. The number of hydrogen-bond donors (Lipinski definition) is 1. The molecule has 2 aromatic heterocycles. The zero-order valence-corrected chi connectivity index (χ0v) is 31.5. The smallest absolute Gasteiger partial charge is 0.163 e. The van der Waals surface area contributed by atoms with Crippen LogP contribution in [0.3, 0.4) is 0 Å². The van der Waals surface area contributed by atoms with Gasteiger partial charge in [-0.3, -0.25) is 9.13 Å². The van der Waals surface area contributed by atoms with Crippen molar-refractivity contribution in [2.45, 2.75) is 91.1 Å². The third-order valence-electron chi connectivity index (χ3n) is 11.2. The highest BCUT2D eigenvalue weighted by atomic mass is 16.5. The molecule has 10 rings (SSSR count). The van der Waals surface area contributed by atoms with Crippen LogP contribution in [0, 0.1) is 13.8 Å². The summed E-state index contributed by atoms with van der Waals surface area (Å²) in [5.74, 6) is 4.02. The lowest BCUT2D eigenvalue weighted by molar-refractivity contribution is 0.104. The summed E-state index contributed by atoms with van der Waals surface area (Å²) in [5, 5.41) is 24.1. The maximum Gasteiger partial charge on any atom is 0.163 e. The molecule has 276 valence electrons. The Hall–Kier alpha value is -5.22. The van der Waals surface area contributed by atoms with Crippen LogP contribution < -0.4 is 0 Å². The number of nitrogens with zero attached hydrogens (tertiary/aromatic N) is 6. The monoisotopic (exact) mass is 720 g/mol. The van der Waals surface area contributed by atoms with Crippen LogP contribution >= 0.6 is 0 Å². The lowest BCUT2D eigenvalue weighted by atomic mass is 9.83. The van der Waals surface area contributed by atoms with Crippen molar-refractivity contribution in [3.8, 4) is 11.4 Å². The summed E-state index contributed by atoms with van der Waals surface area (Å²) in [6.45, 7) is 6.24. The van der Waals surface area contributed by atoms with Gasteiger partial charge < -0.3 is 14.6 Å². The number of aryl methyl sites for hydroxylation is 4. The standard InChI is InChI=1S/C22H23N3O.C22H21N3O.CH4O/c2*1-15-23-24-22-14-26-13-20-19(11-6-12-21(20)25(15)22)18-10-5-3-8-16-7-2-4-9-17(16)18;1-2/h2,4,6-7,9,11-12,18H,3,5,8,10,13-14H2,1H3;2,4,6-7,9-12H,3,5,8,13-14H2,1H3;2H,1H3. The average molecular weight is 721 g/mol. The van der Waals surface area contributed by atoms with Crippen molar-refractivity contribution in [2.24, 2.45) is 0 Å². The molecule has 0 fully saturated rings. The molecule has 4 heterocycles. The minimum atomic E-state index is 0.436. The fourth-order valence-electron chi connectivity index (χ4n) is 8.74. The van der Waals surface area contributed by atoms with Crippen molar-refractivity contribution in [1.29, 1.82) is 0 Å². The van der Waals surface area contributed by atoms with Crippen molar-refractivity contribution in [1.82, 2.24) is 29.5 Å². The maximum absolute atomic E-state index is 7.00. The molecule has 0 saturated heterocycles. The van der Waals surface area contributed by atoms with E-state index in [1.165, 1.54) is 87.9 Å². The van der Waals surface area contributed by atoms with Gasteiger partial charge in [-0.05, 0) is 103 Å². The molecule has 1 N–H and O–H groups in total. The topological polar surface area (TPSA) is 100 Å². The van der Waals surface area contributed by atoms with E-state index in [9.17, 15) is 0 Å². The molecule has 9 nitrogen and oxygen atoms in total. The van der Waals surface area contributed by atoms with E-state index in [2.05, 4.69) is 121 Å². The second-order valence-electron chi connectivity index (χ2n) is 14.3. The lowest BCUT2D eigenvalue weighted by Crippen LogP contribution is -2.09. The molecule has 4 aromatic carbocycles. The normalized spacial score (nSPS) is 17.0. The Labute approximate surface area is 317 Å². The molecular formula is C45H48N6O3. The van der Waals surface area contributed by atoms with E-state index in [0.717, 1.165) is 48.9 Å². The minimum absolute atomic E-state index is 0.436. The Balaban J connectivity index is 0.000000147. The maximum atomic E-state index is 7.00. The van der Waals surface area contributed by atoms with E-state index in [1.54, 1.807) is 0 Å². The first-order valence-electron chi connectivity index (χ1n) is 19.2. The van der Waals surface area contributed by atoms with Crippen molar-refractivity contribution >= 4 is 5.57 Å². The van der Waals surface area contributed by atoms with Gasteiger partial charge in [0.1, 0.15) is 24.9 Å². The van der Waals surface area contributed by atoms with Crippen LogP contribution in [0.5, 0.6) is 0 Å². The van der Waals surface area contributed by atoms with Gasteiger partial charge in [-0.15, -0.1) is 20.4 Å². The van der Waals surface area contributed by atoms with Crippen LogP contribution in [0.1, 0.15) is 106 Å². The van der Waals surface area contributed by atoms with E-state index >= 15 is 0 Å². The molecule has 0 radical (unpaired) electrons. The molecule has 1 atom stereocenters. The predicted octanol–water partition coefficient (Wildman–Crippen LogP) is 8.45. The van der Waals surface area contributed by atoms with Crippen molar-refractivity contribution in [2.75, 3.05) is 7.11 Å². The van der Waals surface area contributed by atoms with Crippen LogP contribution in [0.4, 0.5) is 0 Å². The Morgan fingerprint density at radius 1 is 0.574 bits per heavy atom. The van der Waals surface area contributed by atoms with Gasteiger partial charge in [0.15, 0.2) is 11.6 Å². The summed E-state index contributed by atoms with van der Waals surface area (Å²) in [6, 6.07) is 30.9. The molecule has 0 bridgehead atoms.